The monoisotopic (exact) mass is 663 g/mol. The smallest absolute Gasteiger partial charge is 0.435 e. The summed E-state index contributed by atoms with van der Waals surface area (Å²) in [6.45, 7) is 2.31. The molecule has 16 heteroatoms. The van der Waals surface area contributed by atoms with E-state index in [1.807, 2.05) is 25.1 Å². The number of carbonyl (C=O) groups is 2. The molecule has 0 aliphatic heterocycles. The number of rotatable bonds is 12. The zero-order valence-corrected chi connectivity index (χ0v) is 26.0. The number of nitrogens with one attached hydrogen (secondary N) is 1. The predicted octanol–water partition coefficient (Wildman–Crippen LogP) is 4.26. The van der Waals surface area contributed by atoms with Gasteiger partial charge < -0.3 is 9.47 Å². The maximum absolute atomic E-state index is 13.3. The van der Waals surface area contributed by atoms with Gasteiger partial charge in [0, 0.05) is 17.5 Å². The average molecular weight is 664 g/mol. The third-order valence-electron chi connectivity index (χ3n) is 5.91. The van der Waals surface area contributed by atoms with Crippen molar-refractivity contribution in [2.75, 3.05) is 34.1 Å². The lowest BCUT2D eigenvalue weighted by Gasteiger charge is -2.12. The van der Waals surface area contributed by atoms with Gasteiger partial charge in [0.25, 0.3) is 0 Å². The van der Waals surface area contributed by atoms with Crippen molar-refractivity contribution in [3.63, 3.8) is 0 Å². The van der Waals surface area contributed by atoms with Crippen molar-refractivity contribution in [2.45, 2.75) is 18.0 Å². The second-order valence-corrected chi connectivity index (χ2v) is 10.3. The van der Waals surface area contributed by atoms with Gasteiger partial charge in [-0.1, -0.05) is 48.0 Å². The van der Waals surface area contributed by atoms with Crippen LogP contribution in [0, 0.1) is 6.92 Å². The molecule has 4 aromatic rings. The Balaban J connectivity index is 0.000000402. The molecule has 0 fully saturated rings. The van der Waals surface area contributed by atoms with E-state index in [1.54, 1.807) is 72.7 Å². The highest BCUT2D eigenvalue weighted by Crippen LogP contribution is 2.33. The maximum atomic E-state index is 13.3. The summed E-state index contributed by atoms with van der Waals surface area (Å²) in [7, 11) is 3.31. The Morgan fingerprint density at radius 2 is 1.70 bits per heavy atom. The van der Waals surface area contributed by atoms with Crippen molar-refractivity contribution < 1.29 is 47.5 Å². The lowest BCUT2D eigenvalue weighted by atomic mass is 10.1. The van der Waals surface area contributed by atoms with Crippen LogP contribution in [-0.2, 0) is 25.3 Å². The lowest BCUT2D eigenvalue weighted by Crippen LogP contribution is -2.91. The summed E-state index contributed by atoms with van der Waals surface area (Å²) in [5.74, 6) is 4.23. The minimum Gasteiger partial charge on any atom is -0.447 e. The second kappa shape index (κ2) is 17.9. The molecule has 0 aliphatic rings. The number of ether oxygens (including phenoxy) is 2. The molecule has 0 aliphatic carbocycles. The third kappa shape index (κ3) is 11.5. The SMILES string of the molecule is CO[NH2+]N(C)CCOC(=O)NSc1ccc(-n2nc(C(F)(F)F)cc2-c2ccc(C)cc2)cc1.NOCOC(=O)c1ccccc1. The third-order valence-corrected chi connectivity index (χ3v) is 6.69. The van der Waals surface area contributed by atoms with Crippen molar-refractivity contribution >= 4 is 24.0 Å². The fourth-order valence-electron chi connectivity index (χ4n) is 3.69. The molecular formula is C30H34F3N6O6S+. The lowest BCUT2D eigenvalue weighted by molar-refractivity contribution is -0.992. The molecule has 0 spiro atoms. The van der Waals surface area contributed by atoms with Crippen LogP contribution in [0.15, 0.2) is 89.8 Å². The number of nitrogens with two attached hydrogens (primary N) is 2. The molecule has 1 amide bonds. The summed E-state index contributed by atoms with van der Waals surface area (Å²) < 4.78 is 53.5. The molecule has 0 saturated carbocycles. The number of amides is 1. The van der Waals surface area contributed by atoms with E-state index >= 15 is 0 Å². The van der Waals surface area contributed by atoms with Gasteiger partial charge in [-0.25, -0.2) is 20.2 Å². The molecule has 3 aromatic carbocycles. The molecule has 46 heavy (non-hydrogen) atoms. The summed E-state index contributed by atoms with van der Waals surface area (Å²) in [6.07, 6.45) is -5.18. The van der Waals surface area contributed by atoms with E-state index in [9.17, 15) is 22.8 Å². The van der Waals surface area contributed by atoms with Crippen molar-refractivity contribution in [2.24, 2.45) is 5.90 Å². The van der Waals surface area contributed by atoms with Crippen LogP contribution in [0.2, 0.25) is 0 Å². The Morgan fingerprint density at radius 3 is 2.30 bits per heavy atom. The standard InChI is InChI=1S/C22H24F3N5O3S.C8H9NO3/c1-15-4-6-16(7-5-15)19-14-20(22(23,24)25)26-30(19)17-8-10-18(11-9-17)34-27-21(31)33-13-12-29(2)28-32-3;9-12-6-11-8(10)7-4-2-1-3-5-7/h4-11,14,28H,12-13H2,1-3H3,(H,27,31);1-5H,6,9H2/p+1. The predicted molar refractivity (Wildman–Crippen MR) is 163 cm³/mol. The molecule has 0 saturated heterocycles. The molecule has 0 atom stereocenters. The fraction of sp³-hybridized carbons (Fsp3) is 0.233. The molecule has 0 bridgehead atoms. The Morgan fingerprint density at radius 1 is 1.02 bits per heavy atom. The summed E-state index contributed by atoms with van der Waals surface area (Å²) in [6, 6.07) is 23.5. The summed E-state index contributed by atoms with van der Waals surface area (Å²) >= 11 is 1.03. The van der Waals surface area contributed by atoms with Crippen LogP contribution < -0.4 is 16.2 Å². The molecule has 12 nitrogen and oxygen atoms in total. The van der Waals surface area contributed by atoms with Gasteiger partial charge in [-0.2, -0.15) is 23.1 Å². The topological polar surface area (TPSA) is 147 Å². The van der Waals surface area contributed by atoms with E-state index in [-0.39, 0.29) is 13.4 Å². The Bertz CT molecular complexity index is 1520. The summed E-state index contributed by atoms with van der Waals surface area (Å²) in [5.41, 5.74) is 3.40. The average Bonchev–Trinajstić information content (AvgIpc) is 3.51. The van der Waals surface area contributed by atoms with Crippen molar-refractivity contribution in [3.8, 4) is 16.9 Å². The van der Waals surface area contributed by atoms with Gasteiger partial charge in [-0.3, -0.25) is 9.56 Å². The number of aromatic nitrogens is 2. The molecule has 4 rings (SSSR count). The van der Waals surface area contributed by atoms with Crippen LogP contribution in [0.25, 0.3) is 16.9 Å². The van der Waals surface area contributed by atoms with Gasteiger partial charge in [0.15, 0.2) is 5.69 Å². The largest absolute Gasteiger partial charge is 0.447 e. The normalized spacial score (nSPS) is 11.0. The highest BCUT2D eigenvalue weighted by molar-refractivity contribution is 7.98. The number of quaternary nitrogens is 1. The first-order valence-electron chi connectivity index (χ1n) is 13.6. The van der Waals surface area contributed by atoms with Gasteiger partial charge >= 0.3 is 18.2 Å². The first-order valence-corrected chi connectivity index (χ1v) is 14.4. The van der Waals surface area contributed by atoms with Crippen LogP contribution >= 0.6 is 11.9 Å². The van der Waals surface area contributed by atoms with Crippen LogP contribution in [0.3, 0.4) is 0 Å². The van der Waals surface area contributed by atoms with E-state index < -0.39 is 23.9 Å². The van der Waals surface area contributed by atoms with Crippen LogP contribution in [-0.4, -0.2) is 61.0 Å². The van der Waals surface area contributed by atoms with Gasteiger partial charge in [0.2, 0.25) is 6.79 Å². The molecule has 1 aromatic heterocycles. The Labute approximate surface area is 267 Å². The first-order chi connectivity index (χ1) is 22.0. The minimum atomic E-state index is -4.57. The van der Waals surface area contributed by atoms with Gasteiger partial charge in [-0.05, 0) is 61.3 Å². The number of aryl methyl sites for hydroxylation is 1. The number of hydrogen-bond donors (Lipinski definition) is 3. The summed E-state index contributed by atoms with van der Waals surface area (Å²) in [5, 5.41) is 5.52. The zero-order chi connectivity index (χ0) is 33.5. The summed E-state index contributed by atoms with van der Waals surface area (Å²) in [4.78, 5) is 32.5. The molecule has 246 valence electrons. The second-order valence-electron chi connectivity index (χ2n) is 9.43. The van der Waals surface area contributed by atoms with Gasteiger partial charge in [0.1, 0.15) is 6.61 Å². The van der Waals surface area contributed by atoms with Crippen LogP contribution in [0.1, 0.15) is 21.6 Å². The van der Waals surface area contributed by atoms with E-state index in [1.165, 1.54) is 17.4 Å². The number of benzene rings is 3. The number of hydrogen-bond acceptors (Lipinski definition) is 10. The van der Waals surface area contributed by atoms with Crippen molar-refractivity contribution in [3.05, 3.63) is 102 Å². The highest BCUT2D eigenvalue weighted by atomic mass is 32.2. The van der Waals surface area contributed by atoms with E-state index in [4.69, 9.17) is 9.57 Å². The molecule has 0 radical (unpaired) electrons. The van der Waals surface area contributed by atoms with Crippen molar-refractivity contribution in [1.29, 1.82) is 0 Å². The highest BCUT2D eigenvalue weighted by Gasteiger charge is 2.35. The molecular weight excluding hydrogens is 629 g/mol. The van der Waals surface area contributed by atoms with Gasteiger partial charge in [-0.15, -0.1) is 10.6 Å². The number of esters is 1. The molecule has 5 N–H and O–H groups in total. The maximum Gasteiger partial charge on any atom is 0.435 e. The molecule has 0 unspecified atom stereocenters. The Kier molecular flexibility index (Phi) is 14.0. The van der Waals surface area contributed by atoms with Crippen LogP contribution in [0.5, 0.6) is 0 Å². The van der Waals surface area contributed by atoms with Gasteiger partial charge in [0.05, 0.1) is 30.6 Å². The van der Waals surface area contributed by atoms with E-state index in [0.29, 0.717) is 33.9 Å². The van der Waals surface area contributed by atoms with E-state index in [2.05, 4.69) is 25.3 Å². The van der Waals surface area contributed by atoms with Crippen LogP contribution in [0.4, 0.5) is 18.0 Å². The number of carbonyl (C=O) groups excluding carboxylic acids is 2. The quantitative estimate of drug-likeness (QED) is 0.0661. The number of likely N-dealkylation sites (N-methyl/N-ethyl adjacent to an activating group) is 1. The number of nitrogens with zero attached hydrogens (tertiary/aromatic N) is 3. The fourth-order valence-corrected chi connectivity index (χ4v) is 4.22. The number of halogens is 3. The molecule has 1 heterocycles. The minimum absolute atomic E-state index is 0.171. The zero-order valence-electron chi connectivity index (χ0n) is 25.2. The first kappa shape index (κ1) is 36.0. The Hall–Kier alpha value is -4.45. The van der Waals surface area contributed by atoms with Crippen molar-refractivity contribution in [1.82, 2.24) is 19.5 Å². The number of alkyl halides is 3. The van der Waals surface area contributed by atoms with E-state index in [0.717, 1.165) is 23.6 Å².